The van der Waals surface area contributed by atoms with E-state index in [1.54, 1.807) is 0 Å². The zero-order chi connectivity index (χ0) is 12.2. The van der Waals surface area contributed by atoms with Gasteiger partial charge in [-0.2, -0.15) is 0 Å². The molecule has 0 spiro atoms. The van der Waals surface area contributed by atoms with Crippen molar-refractivity contribution in [3.05, 3.63) is 11.9 Å². The molecule has 0 unspecified atom stereocenters. The molecule has 0 saturated heterocycles. The van der Waals surface area contributed by atoms with E-state index in [0.717, 1.165) is 24.1 Å². The van der Waals surface area contributed by atoms with Crippen molar-refractivity contribution in [3.63, 3.8) is 0 Å². The third-order valence-electron chi connectivity index (χ3n) is 4.66. The minimum absolute atomic E-state index is 0.562. The lowest BCUT2D eigenvalue weighted by molar-refractivity contribution is 0.466. The van der Waals surface area contributed by atoms with Gasteiger partial charge in [-0.15, -0.1) is 0 Å². The molecular weight excluding hydrogens is 224 g/mol. The summed E-state index contributed by atoms with van der Waals surface area (Å²) in [6.45, 7) is 1.07. The van der Waals surface area contributed by atoms with Crippen LogP contribution in [0.5, 0.6) is 0 Å². The number of hydrogen-bond acceptors (Lipinski definition) is 4. The number of nitrogens with one attached hydrogen (secondary N) is 1. The zero-order valence-corrected chi connectivity index (χ0v) is 10.7. The average Bonchev–Trinajstić information content (AvgIpc) is 3.24. The maximum Gasteiger partial charge on any atom is 0.136 e. The van der Waals surface area contributed by atoms with E-state index in [4.69, 9.17) is 5.73 Å². The minimum atomic E-state index is 0.562. The summed E-state index contributed by atoms with van der Waals surface area (Å²) in [7, 11) is 0. The van der Waals surface area contributed by atoms with E-state index >= 15 is 0 Å². The Morgan fingerprint density at radius 3 is 2.61 bits per heavy atom. The SMILES string of the molecule is Nc1cc(NCC2(C3CC3)CC2)nc(C2CC2)n1. The number of nitrogen functional groups attached to an aromatic ring is 1. The second-order valence-corrected chi connectivity index (χ2v) is 6.30. The fourth-order valence-electron chi connectivity index (χ4n) is 2.95. The van der Waals surface area contributed by atoms with E-state index in [0.29, 0.717) is 17.2 Å². The highest BCUT2D eigenvalue weighted by atomic mass is 15.1. The van der Waals surface area contributed by atoms with E-state index in [-0.39, 0.29) is 0 Å². The monoisotopic (exact) mass is 244 g/mol. The molecule has 0 aromatic carbocycles. The van der Waals surface area contributed by atoms with Crippen LogP contribution in [0.15, 0.2) is 6.07 Å². The fourth-order valence-corrected chi connectivity index (χ4v) is 2.95. The normalized spacial score (nSPS) is 24.9. The molecule has 1 aromatic rings. The lowest BCUT2D eigenvalue weighted by Crippen LogP contribution is -2.18. The Labute approximate surface area is 107 Å². The maximum atomic E-state index is 5.86. The Morgan fingerprint density at radius 1 is 1.22 bits per heavy atom. The third-order valence-corrected chi connectivity index (χ3v) is 4.66. The van der Waals surface area contributed by atoms with Crippen molar-refractivity contribution in [1.82, 2.24) is 9.97 Å². The van der Waals surface area contributed by atoms with Gasteiger partial charge in [0.25, 0.3) is 0 Å². The molecule has 4 nitrogen and oxygen atoms in total. The lowest BCUT2D eigenvalue weighted by Gasteiger charge is -2.16. The van der Waals surface area contributed by atoms with Crippen LogP contribution in [0.2, 0.25) is 0 Å². The van der Waals surface area contributed by atoms with Gasteiger partial charge in [0.05, 0.1) is 0 Å². The number of nitrogens with two attached hydrogens (primary N) is 1. The van der Waals surface area contributed by atoms with Crippen molar-refractivity contribution in [3.8, 4) is 0 Å². The maximum absolute atomic E-state index is 5.86. The topological polar surface area (TPSA) is 63.8 Å². The highest BCUT2D eigenvalue weighted by Gasteiger charge is 2.53. The Hall–Kier alpha value is -1.32. The first-order valence-corrected chi connectivity index (χ1v) is 7.14. The second kappa shape index (κ2) is 3.59. The number of rotatable bonds is 5. The minimum Gasteiger partial charge on any atom is -0.384 e. The van der Waals surface area contributed by atoms with E-state index in [9.17, 15) is 0 Å². The van der Waals surface area contributed by atoms with Crippen LogP contribution in [0.4, 0.5) is 11.6 Å². The molecule has 0 aliphatic heterocycles. The largest absolute Gasteiger partial charge is 0.384 e. The van der Waals surface area contributed by atoms with Gasteiger partial charge in [0.1, 0.15) is 17.5 Å². The van der Waals surface area contributed by atoms with Crippen LogP contribution >= 0.6 is 0 Å². The number of hydrogen-bond donors (Lipinski definition) is 2. The Morgan fingerprint density at radius 2 is 2.00 bits per heavy atom. The molecule has 1 heterocycles. The molecule has 4 rings (SSSR count). The number of nitrogens with zero attached hydrogens (tertiary/aromatic N) is 2. The molecule has 0 radical (unpaired) electrons. The molecule has 3 saturated carbocycles. The predicted molar refractivity (Wildman–Crippen MR) is 71.3 cm³/mol. The van der Waals surface area contributed by atoms with Crippen molar-refractivity contribution in [2.24, 2.45) is 11.3 Å². The summed E-state index contributed by atoms with van der Waals surface area (Å²) in [5.74, 6) is 4.01. The first-order chi connectivity index (χ1) is 8.75. The van der Waals surface area contributed by atoms with Gasteiger partial charge in [-0.05, 0) is 49.9 Å². The summed E-state index contributed by atoms with van der Waals surface area (Å²) in [5, 5.41) is 3.50. The zero-order valence-electron chi connectivity index (χ0n) is 10.7. The lowest BCUT2D eigenvalue weighted by atomic mass is 10.0. The molecule has 3 aliphatic rings. The Kier molecular flexibility index (Phi) is 2.11. The average molecular weight is 244 g/mol. The first-order valence-electron chi connectivity index (χ1n) is 7.14. The van der Waals surface area contributed by atoms with Crippen LogP contribution in [0.1, 0.15) is 50.3 Å². The Balaban J connectivity index is 1.47. The summed E-state index contributed by atoms with van der Waals surface area (Å²) in [6.07, 6.45) is 8.08. The van der Waals surface area contributed by atoms with Gasteiger partial charge in [0.2, 0.25) is 0 Å². The van der Waals surface area contributed by atoms with Gasteiger partial charge in [0.15, 0.2) is 0 Å². The van der Waals surface area contributed by atoms with E-state index < -0.39 is 0 Å². The van der Waals surface area contributed by atoms with Crippen molar-refractivity contribution in [1.29, 1.82) is 0 Å². The molecule has 3 fully saturated rings. The smallest absolute Gasteiger partial charge is 0.136 e. The van der Waals surface area contributed by atoms with Crippen LogP contribution in [0, 0.1) is 11.3 Å². The van der Waals surface area contributed by atoms with E-state index in [1.165, 1.54) is 38.5 Å². The molecule has 0 atom stereocenters. The van der Waals surface area contributed by atoms with Gasteiger partial charge in [-0.3, -0.25) is 0 Å². The van der Waals surface area contributed by atoms with Crippen molar-refractivity contribution in [2.45, 2.75) is 44.4 Å². The van der Waals surface area contributed by atoms with Crippen LogP contribution in [0.25, 0.3) is 0 Å². The van der Waals surface area contributed by atoms with Gasteiger partial charge < -0.3 is 11.1 Å². The molecule has 3 aliphatic carbocycles. The van der Waals surface area contributed by atoms with Gasteiger partial charge >= 0.3 is 0 Å². The molecule has 18 heavy (non-hydrogen) atoms. The van der Waals surface area contributed by atoms with E-state index in [1.807, 2.05) is 6.07 Å². The highest BCUT2D eigenvalue weighted by molar-refractivity contribution is 5.45. The van der Waals surface area contributed by atoms with Crippen LogP contribution in [-0.4, -0.2) is 16.5 Å². The van der Waals surface area contributed by atoms with Gasteiger partial charge in [0, 0.05) is 18.5 Å². The molecule has 0 bridgehead atoms. The molecule has 4 heteroatoms. The fraction of sp³-hybridized carbons (Fsp3) is 0.714. The first kappa shape index (κ1) is 10.6. The molecule has 3 N–H and O–H groups in total. The number of aromatic nitrogens is 2. The quantitative estimate of drug-likeness (QED) is 0.835. The number of anilines is 2. The summed E-state index contributed by atoms with van der Waals surface area (Å²) < 4.78 is 0. The molecular formula is C14H20N4. The van der Waals surface area contributed by atoms with Gasteiger partial charge in [-0.1, -0.05) is 0 Å². The second-order valence-electron chi connectivity index (χ2n) is 6.30. The van der Waals surface area contributed by atoms with Crippen molar-refractivity contribution < 1.29 is 0 Å². The molecule has 1 aromatic heterocycles. The summed E-state index contributed by atoms with van der Waals surface area (Å²) in [5.41, 5.74) is 6.46. The Bertz CT molecular complexity index is 473. The van der Waals surface area contributed by atoms with Crippen LogP contribution in [-0.2, 0) is 0 Å². The highest BCUT2D eigenvalue weighted by Crippen LogP contribution is 2.61. The van der Waals surface area contributed by atoms with Crippen LogP contribution in [0.3, 0.4) is 0 Å². The van der Waals surface area contributed by atoms with Crippen molar-refractivity contribution >= 4 is 11.6 Å². The summed E-state index contributed by atoms with van der Waals surface area (Å²) in [4.78, 5) is 8.93. The van der Waals surface area contributed by atoms with E-state index in [2.05, 4.69) is 15.3 Å². The third kappa shape index (κ3) is 1.93. The molecule has 96 valence electrons. The van der Waals surface area contributed by atoms with Crippen LogP contribution < -0.4 is 11.1 Å². The summed E-state index contributed by atoms with van der Waals surface area (Å²) in [6, 6.07) is 1.87. The molecule has 0 amide bonds. The predicted octanol–water partition coefficient (Wildman–Crippen LogP) is 2.54. The van der Waals surface area contributed by atoms with Gasteiger partial charge in [-0.25, -0.2) is 9.97 Å². The standard InChI is InChI=1S/C14H20N4/c15-11-7-12(18-13(17-11)9-1-2-9)16-8-14(5-6-14)10-3-4-10/h7,9-10H,1-6,8H2,(H3,15,16,17,18). The summed E-state index contributed by atoms with van der Waals surface area (Å²) >= 11 is 0. The van der Waals surface area contributed by atoms with Crippen molar-refractivity contribution in [2.75, 3.05) is 17.6 Å².